The lowest BCUT2D eigenvalue weighted by Gasteiger charge is -2.08. The molecule has 9 heteroatoms. The third-order valence-electron chi connectivity index (χ3n) is 4.65. The molecule has 0 saturated carbocycles. The van der Waals surface area contributed by atoms with Gasteiger partial charge in [0.15, 0.2) is 0 Å². The van der Waals surface area contributed by atoms with Crippen LogP contribution in [0.3, 0.4) is 0 Å². The maximum atomic E-state index is 12.6. The number of H-pyrrole nitrogens is 1. The van der Waals surface area contributed by atoms with Crippen LogP contribution >= 0.6 is 0 Å². The van der Waals surface area contributed by atoms with Crippen LogP contribution in [0.4, 0.5) is 5.82 Å². The molecule has 4 aromatic heterocycles. The number of aromatic nitrogens is 5. The van der Waals surface area contributed by atoms with Crippen LogP contribution in [0.2, 0.25) is 0 Å². The minimum absolute atomic E-state index is 0.117. The molecule has 31 heavy (non-hydrogen) atoms. The van der Waals surface area contributed by atoms with E-state index in [4.69, 9.17) is 0 Å². The average molecular weight is 412 g/mol. The van der Waals surface area contributed by atoms with Crippen molar-refractivity contribution >= 4 is 35.2 Å². The summed E-state index contributed by atoms with van der Waals surface area (Å²) in [6, 6.07) is 7.45. The van der Waals surface area contributed by atoms with Gasteiger partial charge in [-0.1, -0.05) is 0 Å². The van der Waals surface area contributed by atoms with E-state index in [1.807, 2.05) is 31.3 Å². The Morgan fingerprint density at radius 1 is 1.23 bits per heavy atom. The highest BCUT2D eigenvalue weighted by Crippen LogP contribution is 2.26. The van der Waals surface area contributed by atoms with Gasteiger partial charge in [-0.15, -0.1) is 0 Å². The van der Waals surface area contributed by atoms with Gasteiger partial charge in [0.25, 0.3) is 0 Å². The minimum Gasteiger partial charge on any atom is -0.345 e. The van der Waals surface area contributed by atoms with E-state index in [2.05, 4.69) is 42.0 Å². The van der Waals surface area contributed by atoms with Crippen LogP contribution in [0.5, 0.6) is 0 Å². The van der Waals surface area contributed by atoms with Crippen LogP contribution in [0, 0.1) is 0 Å². The smallest absolute Gasteiger partial charge is 0.245 e. The summed E-state index contributed by atoms with van der Waals surface area (Å²) in [5.41, 5.74) is 4.23. The molecule has 0 saturated heterocycles. The van der Waals surface area contributed by atoms with Gasteiger partial charge in [-0.3, -0.25) is 14.8 Å². The second-order valence-electron chi connectivity index (χ2n) is 6.68. The SMILES string of the molecule is C=N/C=C\N=C(/C)c1ccc(NC(=O)Cn2ccc3c(-c4cnc[nH]4)ccnc32)nc1. The first-order valence-electron chi connectivity index (χ1n) is 9.50. The Bertz CT molecular complexity index is 1270. The third kappa shape index (κ3) is 4.45. The molecule has 2 N–H and O–H groups in total. The summed E-state index contributed by atoms with van der Waals surface area (Å²) in [6.45, 7) is 5.34. The molecule has 0 unspecified atom stereocenters. The first kappa shape index (κ1) is 19.9. The van der Waals surface area contributed by atoms with Crippen molar-refractivity contribution in [2.24, 2.45) is 9.98 Å². The number of nitrogens with zero attached hydrogens (tertiary/aromatic N) is 6. The molecular weight excluding hydrogens is 392 g/mol. The number of carbonyl (C=O) groups is 1. The molecule has 154 valence electrons. The van der Waals surface area contributed by atoms with E-state index in [1.54, 1.807) is 41.8 Å². The van der Waals surface area contributed by atoms with Crippen LogP contribution < -0.4 is 5.32 Å². The number of pyridine rings is 2. The Kier molecular flexibility index (Phi) is 5.75. The lowest BCUT2D eigenvalue weighted by molar-refractivity contribution is -0.116. The average Bonchev–Trinajstić information content (AvgIpc) is 3.45. The topological polar surface area (TPSA) is 113 Å². The predicted octanol–water partition coefficient (Wildman–Crippen LogP) is 3.44. The highest BCUT2D eigenvalue weighted by atomic mass is 16.2. The molecule has 0 aliphatic carbocycles. The third-order valence-corrected chi connectivity index (χ3v) is 4.65. The van der Waals surface area contributed by atoms with Gasteiger partial charge in [0.2, 0.25) is 5.91 Å². The van der Waals surface area contributed by atoms with E-state index in [1.165, 1.54) is 6.20 Å². The van der Waals surface area contributed by atoms with Gasteiger partial charge < -0.3 is 14.9 Å². The van der Waals surface area contributed by atoms with Crippen LogP contribution in [-0.4, -0.2) is 42.8 Å². The Hall–Kier alpha value is -4.40. The summed E-state index contributed by atoms with van der Waals surface area (Å²) < 4.78 is 1.80. The van der Waals surface area contributed by atoms with Crippen LogP contribution in [0.15, 0.2) is 77.8 Å². The van der Waals surface area contributed by atoms with Crippen molar-refractivity contribution in [3.05, 3.63) is 73.3 Å². The van der Waals surface area contributed by atoms with E-state index < -0.39 is 0 Å². The Morgan fingerprint density at radius 3 is 2.87 bits per heavy atom. The molecule has 4 rings (SSSR count). The molecule has 0 spiro atoms. The van der Waals surface area contributed by atoms with Gasteiger partial charge in [-0.25, -0.2) is 15.0 Å². The maximum absolute atomic E-state index is 12.6. The number of hydrogen-bond donors (Lipinski definition) is 2. The number of hydrogen-bond acceptors (Lipinski definition) is 6. The molecule has 0 aliphatic heterocycles. The number of carbonyl (C=O) groups excluding carboxylic acids is 1. The van der Waals surface area contributed by atoms with Gasteiger partial charge >= 0.3 is 0 Å². The molecular formula is C22H20N8O. The fourth-order valence-electron chi connectivity index (χ4n) is 3.14. The number of amides is 1. The maximum Gasteiger partial charge on any atom is 0.245 e. The largest absolute Gasteiger partial charge is 0.345 e. The molecule has 4 aromatic rings. The van der Waals surface area contributed by atoms with Crippen molar-refractivity contribution in [2.75, 3.05) is 5.32 Å². The van der Waals surface area contributed by atoms with Gasteiger partial charge in [-0.2, -0.15) is 0 Å². The fourth-order valence-corrected chi connectivity index (χ4v) is 3.14. The van der Waals surface area contributed by atoms with Gasteiger partial charge in [0, 0.05) is 53.2 Å². The Morgan fingerprint density at radius 2 is 2.13 bits per heavy atom. The summed E-state index contributed by atoms with van der Waals surface area (Å²) in [5.74, 6) is 0.268. The fraction of sp³-hybridized carbons (Fsp3) is 0.0909. The number of aromatic amines is 1. The van der Waals surface area contributed by atoms with Crippen molar-refractivity contribution in [1.82, 2.24) is 24.5 Å². The number of rotatable bonds is 7. The zero-order valence-electron chi connectivity index (χ0n) is 16.9. The van der Waals surface area contributed by atoms with E-state index >= 15 is 0 Å². The number of imidazole rings is 1. The lowest BCUT2D eigenvalue weighted by atomic mass is 10.1. The number of aliphatic imine (C=N–C) groups is 2. The monoisotopic (exact) mass is 412 g/mol. The molecule has 0 atom stereocenters. The molecule has 0 aromatic carbocycles. The Balaban J connectivity index is 1.46. The van der Waals surface area contributed by atoms with Crippen LogP contribution in [-0.2, 0) is 11.3 Å². The molecule has 9 nitrogen and oxygen atoms in total. The highest BCUT2D eigenvalue weighted by molar-refractivity contribution is 5.99. The van der Waals surface area contributed by atoms with Crippen LogP contribution in [0.1, 0.15) is 12.5 Å². The second-order valence-corrected chi connectivity index (χ2v) is 6.68. The molecule has 0 fully saturated rings. The van der Waals surface area contributed by atoms with Gasteiger partial charge in [-0.05, 0) is 37.9 Å². The Labute approximate surface area is 178 Å². The van der Waals surface area contributed by atoms with E-state index in [9.17, 15) is 4.79 Å². The normalized spacial score (nSPS) is 11.8. The zero-order chi connectivity index (χ0) is 21.6. The van der Waals surface area contributed by atoms with Crippen molar-refractivity contribution in [1.29, 1.82) is 0 Å². The molecule has 1 amide bonds. The highest BCUT2D eigenvalue weighted by Gasteiger charge is 2.12. The summed E-state index contributed by atoms with van der Waals surface area (Å²) in [7, 11) is 0. The first-order valence-corrected chi connectivity index (χ1v) is 9.50. The van der Waals surface area contributed by atoms with E-state index in [0.29, 0.717) is 5.82 Å². The van der Waals surface area contributed by atoms with Gasteiger partial charge in [0.05, 0.1) is 18.2 Å². The van der Waals surface area contributed by atoms with Crippen LogP contribution in [0.25, 0.3) is 22.3 Å². The standard InChI is InChI=1S/C22H20N8O/c1-15(25-9-8-23-2)16-3-4-20(27-11-16)29-21(31)13-30-10-6-18-17(5-7-26-22(18)30)19-12-24-14-28-19/h3-12,14H,2,13H2,1H3,(H,24,28)(H,27,29,31)/b9-8-,25-15+. The van der Waals surface area contributed by atoms with Crippen molar-refractivity contribution in [2.45, 2.75) is 13.5 Å². The number of fused-ring (bicyclic) bond motifs is 1. The lowest BCUT2D eigenvalue weighted by Crippen LogP contribution is -2.19. The van der Waals surface area contributed by atoms with Crippen molar-refractivity contribution in [3.8, 4) is 11.3 Å². The molecule has 0 aliphatic rings. The van der Waals surface area contributed by atoms with Crippen molar-refractivity contribution in [3.63, 3.8) is 0 Å². The second kappa shape index (κ2) is 8.95. The number of anilines is 1. The summed E-state index contributed by atoms with van der Waals surface area (Å²) in [5, 5.41) is 3.76. The van der Waals surface area contributed by atoms with Crippen molar-refractivity contribution < 1.29 is 4.79 Å². The van der Waals surface area contributed by atoms with Gasteiger partial charge in [0.1, 0.15) is 18.0 Å². The summed E-state index contributed by atoms with van der Waals surface area (Å²) in [6.07, 6.45) is 11.7. The number of nitrogens with one attached hydrogen (secondary N) is 2. The van der Waals surface area contributed by atoms with E-state index in [0.717, 1.165) is 33.6 Å². The summed E-state index contributed by atoms with van der Waals surface area (Å²) >= 11 is 0. The van der Waals surface area contributed by atoms with E-state index in [-0.39, 0.29) is 12.5 Å². The molecule has 0 bridgehead atoms. The summed E-state index contributed by atoms with van der Waals surface area (Å²) in [4.78, 5) is 36.3. The quantitative estimate of drug-likeness (QED) is 0.453. The minimum atomic E-state index is -0.197. The first-order chi connectivity index (χ1) is 15.2. The predicted molar refractivity (Wildman–Crippen MR) is 121 cm³/mol. The molecule has 4 heterocycles. The molecule has 0 radical (unpaired) electrons. The zero-order valence-corrected chi connectivity index (χ0v) is 16.9.